The fourth-order valence-electron chi connectivity index (χ4n) is 2.48. The number of nitrogens with zero attached hydrogens (tertiary/aromatic N) is 1. The van der Waals surface area contributed by atoms with Crippen molar-refractivity contribution in [3.8, 4) is 0 Å². The maximum absolute atomic E-state index is 12.3. The van der Waals surface area contributed by atoms with Crippen LogP contribution in [0.4, 0.5) is 5.69 Å². The van der Waals surface area contributed by atoms with E-state index in [2.05, 4.69) is 0 Å². The topological polar surface area (TPSA) is 141 Å². The molecule has 0 spiro atoms. The zero-order chi connectivity index (χ0) is 18.6. The molecule has 3 N–H and O–H groups in total. The van der Waals surface area contributed by atoms with Gasteiger partial charge in [-0.3, -0.25) is 14.4 Å². The molecule has 0 unspecified atom stereocenters. The molecule has 1 fully saturated rings. The van der Waals surface area contributed by atoms with Gasteiger partial charge in [-0.25, -0.2) is 8.42 Å². The van der Waals surface area contributed by atoms with E-state index >= 15 is 0 Å². The first-order valence-electron chi connectivity index (χ1n) is 7.58. The van der Waals surface area contributed by atoms with Crippen molar-refractivity contribution in [1.29, 1.82) is 0 Å². The average molecular weight is 370 g/mol. The molecular weight excluding hydrogens is 352 g/mol. The second-order valence-corrected chi connectivity index (χ2v) is 7.30. The van der Waals surface area contributed by atoms with E-state index in [9.17, 15) is 22.8 Å². The lowest BCUT2D eigenvalue weighted by atomic mass is 10.2. The number of carboxylic acid groups (broad SMARTS) is 2. The van der Waals surface area contributed by atoms with E-state index in [1.54, 1.807) is 4.90 Å². The average Bonchev–Trinajstić information content (AvgIpc) is 2.97. The van der Waals surface area contributed by atoms with E-state index in [1.165, 1.54) is 24.3 Å². The van der Waals surface area contributed by atoms with Gasteiger partial charge in [-0.1, -0.05) is 0 Å². The first-order chi connectivity index (χ1) is 11.7. The van der Waals surface area contributed by atoms with Crippen LogP contribution in [0.1, 0.15) is 25.7 Å². The molecule has 1 heterocycles. The molecule has 1 amide bonds. The second kappa shape index (κ2) is 7.62. The van der Waals surface area contributed by atoms with Crippen LogP contribution in [-0.2, 0) is 24.4 Å². The predicted octanol–water partition coefficient (Wildman–Crippen LogP) is 0.410. The molecule has 0 radical (unpaired) electrons. The zero-order valence-corrected chi connectivity index (χ0v) is 14.0. The summed E-state index contributed by atoms with van der Waals surface area (Å²) in [6.07, 6.45) is 0.343. The Kier molecular flexibility index (Phi) is 5.75. The molecule has 1 saturated heterocycles. The van der Waals surface area contributed by atoms with E-state index < -0.39 is 34.4 Å². The Hall–Kier alpha value is -2.46. The number of carboxylic acids is 2. The zero-order valence-electron chi connectivity index (χ0n) is 13.2. The molecule has 9 nitrogen and oxygen atoms in total. The molecule has 1 aromatic carbocycles. The number of sulfonamides is 1. The van der Waals surface area contributed by atoms with E-state index in [0.29, 0.717) is 18.7 Å². The van der Waals surface area contributed by atoms with Gasteiger partial charge in [0.2, 0.25) is 15.9 Å². The highest BCUT2D eigenvalue weighted by atomic mass is 32.2. The van der Waals surface area contributed by atoms with Crippen LogP contribution in [0.25, 0.3) is 0 Å². The Balaban J connectivity index is 2.13. The standard InChI is InChI=1S/C15H18N2O7S/c18-13-2-1-9-17(13)10-3-5-11(6-4-10)25(23,24)16-12(15(21)22)7-8-14(19)20/h3-6,12,16H,1-2,7-9H2,(H,19,20)(H,21,22)/t12-/m1/s1. The number of anilines is 1. The number of aliphatic carboxylic acids is 2. The quantitative estimate of drug-likeness (QED) is 0.602. The van der Waals surface area contributed by atoms with E-state index in [0.717, 1.165) is 6.42 Å². The fourth-order valence-corrected chi connectivity index (χ4v) is 3.71. The summed E-state index contributed by atoms with van der Waals surface area (Å²) in [6.45, 7) is 0.569. The van der Waals surface area contributed by atoms with Crippen LogP contribution in [0.5, 0.6) is 0 Å². The van der Waals surface area contributed by atoms with Crippen molar-refractivity contribution < 1.29 is 33.0 Å². The minimum Gasteiger partial charge on any atom is -0.481 e. The van der Waals surface area contributed by atoms with Gasteiger partial charge in [0, 0.05) is 25.1 Å². The molecule has 0 aromatic heterocycles. The summed E-state index contributed by atoms with van der Waals surface area (Å²) >= 11 is 0. The summed E-state index contributed by atoms with van der Waals surface area (Å²) in [5, 5.41) is 17.7. The molecule has 25 heavy (non-hydrogen) atoms. The van der Waals surface area contributed by atoms with Crippen LogP contribution in [0.3, 0.4) is 0 Å². The van der Waals surface area contributed by atoms with Crippen LogP contribution in [-0.4, -0.2) is 49.1 Å². The van der Waals surface area contributed by atoms with Crippen molar-refractivity contribution in [2.45, 2.75) is 36.6 Å². The molecule has 1 aliphatic heterocycles. The van der Waals surface area contributed by atoms with Gasteiger partial charge >= 0.3 is 11.9 Å². The molecule has 0 saturated carbocycles. The lowest BCUT2D eigenvalue weighted by Crippen LogP contribution is -2.41. The van der Waals surface area contributed by atoms with Crippen molar-refractivity contribution in [1.82, 2.24) is 4.72 Å². The largest absolute Gasteiger partial charge is 0.481 e. The summed E-state index contributed by atoms with van der Waals surface area (Å²) in [4.78, 5) is 34.7. The minimum atomic E-state index is -4.13. The van der Waals surface area contributed by atoms with Crippen molar-refractivity contribution in [3.05, 3.63) is 24.3 Å². The van der Waals surface area contributed by atoms with Gasteiger partial charge in [0.15, 0.2) is 0 Å². The third-order valence-corrected chi connectivity index (χ3v) is 5.26. The van der Waals surface area contributed by atoms with Crippen LogP contribution in [0.2, 0.25) is 0 Å². The summed E-state index contributed by atoms with van der Waals surface area (Å²) in [6, 6.07) is 3.97. The lowest BCUT2D eigenvalue weighted by Gasteiger charge is -2.17. The van der Waals surface area contributed by atoms with Crippen molar-refractivity contribution in [2.75, 3.05) is 11.4 Å². The third kappa shape index (κ3) is 4.77. The first-order valence-corrected chi connectivity index (χ1v) is 9.06. The molecule has 1 atom stereocenters. The van der Waals surface area contributed by atoms with E-state index in [1.807, 2.05) is 4.72 Å². The van der Waals surface area contributed by atoms with Gasteiger partial charge in [0.05, 0.1) is 4.90 Å². The number of carbonyl (C=O) groups excluding carboxylic acids is 1. The van der Waals surface area contributed by atoms with Gasteiger partial charge in [-0.05, 0) is 37.1 Å². The maximum atomic E-state index is 12.3. The molecule has 136 valence electrons. The summed E-state index contributed by atoms with van der Waals surface area (Å²) in [7, 11) is -4.13. The Morgan fingerprint density at radius 2 is 1.84 bits per heavy atom. The summed E-state index contributed by atoms with van der Waals surface area (Å²) < 4.78 is 26.6. The Labute approximate surface area is 144 Å². The predicted molar refractivity (Wildman–Crippen MR) is 86.6 cm³/mol. The molecule has 1 aromatic rings. The van der Waals surface area contributed by atoms with Crippen LogP contribution in [0.15, 0.2) is 29.2 Å². The highest BCUT2D eigenvalue weighted by molar-refractivity contribution is 7.89. The number of amides is 1. The van der Waals surface area contributed by atoms with Crippen LogP contribution < -0.4 is 9.62 Å². The lowest BCUT2D eigenvalue weighted by molar-refractivity contribution is -0.140. The fraction of sp³-hybridized carbons (Fsp3) is 0.400. The second-order valence-electron chi connectivity index (χ2n) is 5.59. The van der Waals surface area contributed by atoms with Gasteiger partial charge in [0.1, 0.15) is 6.04 Å². The smallest absolute Gasteiger partial charge is 0.321 e. The Morgan fingerprint density at radius 3 is 2.32 bits per heavy atom. The molecular formula is C15H18N2O7S. The molecule has 2 rings (SSSR count). The van der Waals surface area contributed by atoms with E-state index in [4.69, 9.17) is 10.2 Å². The number of rotatable bonds is 8. The SMILES string of the molecule is O=C(O)CC[C@@H](NS(=O)(=O)c1ccc(N2CCCC2=O)cc1)C(=O)O. The summed E-state index contributed by atoms with van der Waals surface area (Å²) in [5.74, 6) is -2.71. The monoisotopic (exact) mass is 370 g/mol. The van der Waals surface area contributed by atoms with Gasteiger partial charge in [-0.2, -0.15) is 4.72 Å². The Bertz CT molecular complexity index is 774. The summed E-state index contributed by atoms with van der Waals surface area (Å²) in [5.41, 5.74) is 0.571. The molecule has 10 heteroatoms. The molecule has 0 bridgehead atoms. The minimum absolute atomic E-state index is 0.0339. The number of benzene rings is 1. The van der Waals surface area contributed by atoms with E-state index in [-0.39, 0.29) is 17.2 Å². The Morgan fingerprint density at radius 1 is 1.20 bits per heavy atom. The van der Waals surface area contributed by atoms with Crippen molar-refractivity contribution in [3.63, 3.8) is 0 Å². The number of hydrogen-bond acceptors (Lipinski definition) is 5. The highest BCUT2D eigenvalue weighted by Crippen LogP contribution is 2.23. The molecule has 0 aliphatic carbocycles. The van der Waals surface area contributed by atoms with Crippen LogP contribution >= 0.6 is 0 Å². The third-order valence-electron chi connectivity index (χ3n) is 3.77. The van der Waals surface area contributed by atoms with Crippen molar-refractivity contribution in [2.24, 2.45) is 0 Å². The van der Waals surface area contributed by atoms with Crippen molar-refractivity contribution >= 4 is 33.6 Å². The van der Waals surface area contributed by atoms with Crippen LogP contribution in [0, 0.1) is 0 Å². The highest BCUT2D eigenvalue weighted by Gasteiger charge is 2.27. The van der Waals surface area contributed by atoms with Gasteiger partial charge in [0.25, 0.3) is 0 Å². The molecule has 1 aliphatic rings. The van der Waals surface area contributed by atoms with Gasteiger partial charge < -0.3 is 15.1 Å². The number of nitrogens with one attached hydrogen (secondary N) is 1. The normalized spacial score (nSPS) is 16.0. The number of carbonyl (C=O) groups is 3. The maximum Gasteiger partial charge on any atom is 0.321 e. The van der Waals surface area contributed by atoms with Gasteiger partial charge in [-0.15, -0.1) is 0 Å². The number of hydrogen-bond donors (Lipinski definition) is 3. The first kappa shape index (κ1) is 18.9.